The zero-order valence-electron chi connectivity index (χ0n) is 13.1. The number of nitrogens with zero attached hydrogens (tertiary/aromatic N) is 3. The van der Waals surface area contributed by atoms with Crippen LogP contribution in [0.3, 0.4) is 0 Å². The van der Waals surface area contributed by atoms with Crippen molar-refractivity contribution in [1.82, 2.24) is 9.80 Å². The van der Waals surface area contributed by atoms with Crippen molar-refractivity contribution in [2.75, 3.05) is 51.7 Å². The number of rotatable bonds is 4. The van der Waals surface area contributed by atoms with E-state index in [9.17, 15) is 0 Å². The maximum atomic E-state index is 5.41. The molecule has 1 aromatic rings. The minimum atomic E-state index is 0.877. The largest absolute Gasteiger partial charge is 0.379 e. The molecule has 22 heavy (non-hydrogen) atoms. The lowest BCUT2D eigenvalue weighted by Gasteiger charge is -2.27. The maximum Gasteiger partial charge on any atom is 0.164 e. The molecule has 2 heterocycles. The summed E-state index contributed by atoms with van der Waals surface area (Å²) < 4.78 is 5.41. The summed E-state index contributed by atoms with van der Waals surface area (Å²) in [6, 6.07) is 10.3. The Hall–Kier alpha value is -1.04. The number of morpholine rings is 1. The number of hydrogen-bond acceptors (Lipinski definition) is 4. The lowest BCUT2D eigenvalue weighted by Crippen LogP contribution is -2.38. The van der Waals surface area contributed by atoms with Gasteiger partial charge in [-0.2, -0.15) is 0 Å². The molecule has 2 fully saturated rings. The Morgan fingerprint density at radius 2 is 1.77 bits per heavy atom. The van der Waals surface area contributed by atoms with E-state index in [0.717, 1.165) is 57.4 Å². The number of likely N-dealkylation sites (tertiary alicyclic amines) is 1. The first-order valence-corrected chi connectivity index (χ1v) is 9.22. The lowest BCUT2D eigenvalue weighted by atomic mass is 10.3. The second-order valence-corrected chi connectivity index (χ2v) is 6.79. The normalized spacial score (nSPS) is 20.5. The predicted molar refractivity (Wildman–Crippen MR) is 94.1 cm³/mol. The maximum absolute atomic E-state index is 5.41. The van der Waals surface area contributed by atoms with Gasteiger partial charge >= 0.3 is 0 Å². The molecule has 0 atom stereocenters. The van der Waals surface area contributed by atoms with E-state index in [0.29, 0.717) is 0 Å². The van der Waals surface area contributed by atoms with Gasteiger partial charge < -0.3 is 9.64 Å². The van der Waals surface area contributed by atoms with Gasteiger partial charge in [0.2, 0.25) is 0 Å². The third-order valence-corrected chi connectivity index (χ3v) is 5.09. The Kier molecular flexibility index (Phi) is 6.16. The highest BCUT2D eigenvalue weighted by atomic mass is 32.2. The van der Waals surface area contributed by atoms with Gasteiger partial charge in [-0.15, -0.1) is 0 Å². The molecule has 0 saturated carbocycles. The third kappa shape index (κ3) is 4.73. The van der Waals surface area contributed by atoms with Gasteiger partial charge in [0.1, 0.15) is 0 Å². The average Bonchev–Trinajstić information content (AvgIpc) is 3.10. The molecule has 2 saturated heterocycles. The first kappa shape index (κ1) is 15.8. The molecule has 120 valence electrons. The molecule has 0 radical (unpaired) electrons. The topological polar surface area (TPSA) is 28.1 Å². The quantitative estimate of drug-likeness (QED) is 0.630. The number of amidine groups is 1. The summed E-state index contributed by atoms with van der Waals surface area (Å²) in [5, 5.41) is 1.19. The number of aliphatic imine (C=N–C) groups is 1. The van der Waals surface area contributed by atoms with E-state index in [1.165, 1.54) is 18.0 Å². The minimum Gasteiger partial charge on any atom is -0.379 e. The van der Waals surface area contributed by atoms with Crippen LogP contribution in [0.5, 0.6) is 0 Å². The van der Waals surface area contributed by atoms with Crippen LogP contribution in [0.1, 0.15) is 12.8 Å². The van der Waals surface area contributed by atoms with Crippen LogP contribution >= 0.6 is 11.8 Å². The van der Waals surface area contributed by atoms with Crippen molar-refractivity contribution in [3.8, 4) is 0 Å². The van der Waals surface area contributed by atoms with E-state index >= 15 is 0 Å². The Morgan fingerprint density at radius 1 is 1.05 bits per heavy atom. The van der Waals surface area contributed by atoms with Crippen LogP contribution < -0.4 is 0 Å². The van der Waals surface area contributed by atoms with Crippen molar-refractivity contribution in [2.45, 2.75) is 12.8 Å². The SMILES string of the molecule is c1ccc(N=C(SCCN2CCOCC2)N2CCCC2)cc1. The summed E-state index contributed by atoms with van der Waals surface area (Å²) >= 11 is 1.90. The van der Waals surface area contributed by atoms with Gasteiger partial charge in [-0.3, -0.25) is 4.90 Å². The molecule has 1 aromatic carbocycles. The molecule has 0 bridgehead atoms. The first-order chi connectivity index (χ1) is 10.9. The Morgan fingerprint density at radius 3 is 2.50 bits per heavy atom. The van der Waals surface area contributed by atoms with E-state index in [2.05, 4.69) is 34.1 Å². The minimum absolute atomic E-state index is 0.877. The van der Waals surface area contributed by atoms with Gasteiger partial charge in [0.15, 0.2) is 5.17 Å². The van der Waals surface area contributed by atoms with Crippen molar-refractivity contribution in [1.29, 1.82) is 0 Å². The van der Waals surface area contributed by atoms with Crippen LogP contribution in [0.25, 0.3) is 0 Å². The molecule has 2 aliphatic heterocycles. The molecule has 0 N–H and O–H groups in total. The van der Waals surface area contributed by atoms with E-state index in [-0.39, 0.29) is 0 Å². The molecular formula is C17H25N3OS. The second kappa shape index (κ2) is 8.56. The van der Waals surface area contributed by atoms with Crippen LogP contribution in [-0.4, -0.2) is 66.7 Å². The molecule has 0 amide bonds. The van der Waals surface area contributed by atoms with Gasteiger partial charge in [-0.05, 0) is 25.0 Å². The number of hydrogen-bond donors (Lipinski definition) is 0. The molecule has 0 spiro atoms. The van der Waals surface area contributed by atoms with Crippen LogP contribution in [-0.2, 0) is 4.74 Å². The molecule has 0 aromatic heterocycles. The van der Waals surface area contributed by atoms with Gasteiger partial charge in [0.25, 0.3) is 0 Å². The highest BCUT2D eigenvalue weighted by molar-refractivity contribution is 8.13. The number of ether oxygens (including phenoxy) is 1. The summed E-state index contributed by atoms with van der Waals surface area (Å²) in [7, 11) is 0. The smallest absolute Gasteiger partial charge is 0.164 e. The van der Waals surface area contributed by atoms with Crippen molar-refractivity contribution >= 4 is 22.6 Å². The fourth-order valence-electron chi connectivity index (χ4n) is 2.81. The Labute approximate surface area is 137 Å². The van der Waals surface area contributed by atoms with Crippen molar-refractivity contribution in [2.24, 2.45) is 4.99 Å². The molecule has 0 unspecified atom stereocenters. The van der Waals surface area contributed by atoms with Gasteiger partial charge in [-0.1, -0.05) is 30.0 Å². The summed E-state index contributed by atoms with van der Waals surface area (Å²) in [6.45, 7) is 7.30. The van der Waals surface area contributed by atoms with Gasteiger partial charge in [0, 0.05) is 38.5 Å². The monoisotopic (exact) mass is 319 g/mol. The molecule has 3 rings (SSSR count). The van der Waals surface area contributed by atoms with Crippen molar-refractivity contribution in [3.63, 3.8) is 0 Å². The fourth-order valence-corrected chi connectivity index (χ4v) is 3.87. The summed E-state index contributed by atoms with van der Waals surface area (Å²) in [5.41, 5.74) is 1.06. The number of para-hydroxylation sites is 1. The van der Waals surface area contributed by atoms with Crippen LogP contribution in [0.2, 0.25) is 0 Å². The van der Waals surface area contributed by atoms with Gasteiger partial charge in [0.05, 0.1) is 18.9 Å². The number of thioether (sulfide) groups is 1. The zero-order chi connectivity index (χ0) is 15.0. The summed E-state index contributed by atoms with van der Waals surface area (Å²) in [6.07, 6.45) is 2.58. The van der Waals surface area contributed by atoms with E-state index in [1.807, 2.05) is 17.8 Å². The van der Waals surface area contributed by atoms with Crippen molar-refractivity contribution in [3.05, 3.63) is 30.3 Å². The van der Waals surface area contributed by atoms with Crippen LogP contribution in [0.15, 0.2) is 35.3 Å². The summed E-state index contributed by atoms with van der Waals surface area (Å²) in [5.74, 6) is 1.10. The third-order valence-electron chi connectivity index (χ3n) is 4.10. The first-order valence-electron chi connectivity index (χ1n) is 8.23. The lowest BCUT2D eigenvalue weighted by molar-refractivity contribution is 0.0410. The van der Waals surface area contributed by atoms with Crippen molar-refractivity contribution < 1.29 is 4.74 Å². The number of benzene rings is 1. The Balaban J connectivity index is 1.57. The van der Waals surface area contributed by atoms with E-state index in [1.54, 1.807) is 0 Å². The second-order valence-electron chi connectivity index (χ2n) is 5.73. The molecule has 4 nitrogen and oxygen atoms in total. The molecule has 2 aliphatic rings. The zero-order valence-corrected chi connectivity index (χ0v) is 13.9. The standard InChI is InChI=1S/C17H25N3OS/c1-2-6-16(7-3-1)18-17(20-8-4-5-9-20)22-15-12-19-10-13-21-14-11-19/h1-3,6-7H,4-5,8-15H2. The molecular weight excluding hydrogens is 294 g/mol. The predicted octanol–water partition coefficient (Wildman–Crippen LogP) is 2.84. The summed E-state index contributed by atoms with van der Waals surface area (Å²) in [4.78, 5) is 9.81. The highest BCUT2D eigenvalue weighted by Gasteiger charge is 2.17. The fraction of sp³-hybridized carbons (Fsp3) is 0.588. The Bertz CT molecular complexity index is 468. The average molecular weight is 319 g/mol. The van der Waals surface area contributed by atoms with Crippen LogP contribution in [0.4, 0.5) is 5.69 Å². The highest BCUT2D eigenvalue weighted by Crippen LogP contribution is 2.21. The van der Waals surface area contributed by atoms with E-state index < -0.39 is 0 Å². The van der Waals surface area contributed by atoms with E-state index in [4.69, 9.17) is 9.73 Å². The van der Waals surface area contributed by atoms with Gasteiger partial charge in [-0.25, -0.2) is 4.99 Å². The molecule has 0 aliphatic carbocycles. The molecule has 5 heteroatoms. The van der Waals surface area contributed by atoms with Crippen LogP contribution in [0, 0.1) is 0 Å².